The Bertz CT molecular complexity index is 551. The molecule has 0 saturated carbocycles. The van der Waals surface area contributed by atoms with Crippen LogP contribution in [0.15, 0.2) is 91.0 Å². The predicted molar refractivity (Wildman–Crippen MR) is 91.7 cm³/mol. The maximum Gasteiger partial charge on any atom is -0.0128 e. The van der Waals surface area contributed by atoms with Crippen molar-refractivity contribution in [3.63, 3.8) is 0 Å². The maximum atomic E-state index is 2.69. The highest BCUT2D eigenvalue weighted by atomic mass is 31.0. The van der Waals surface area contributed by atoms with Gasteiger partial charge in [0.05, 0.1) is 0 Å². The van der Waals surface area contributed by atoms with Gasteiger partial charge in [0.2, 0.25) is 0 Å². The van der Waals surface area contributed by atoms with E-state index in [9.17, 15) is 0 Å². The SMILES string of the molecule is PCc1ccccc1.c1ccc(-c2ccccc2)cc1. The number of hydrogen-bond acceptors (Lipinski definition) is 0. The summed E-state index contributed by atoms with van der Waals surface area (Å²) in [5.41, 5.74) is 3.92. The molecule has 0 heterocycles. The molecule has 1 heteroatoms. The van der Waals surface area contributed by atoms with Crippen LogP contribution in [0, 0.1) is 0 Å². The summed E-state index contributed by atoms with van der Waals surface area (Å²) >= 11 is 0. The Labute approximate surface area is 123 Å². The van der Waals surface area contributed by atoms with Crippen molar-refractivity contribution in [2.45, 2.75) is 6.16 Å². The molecule has 0 aromatic heterocycles. The second-order valence-corrected chi connectivity index (χ2v) is 4.83. The van der Waals surface area contributed by atoms with Crippen LogP contribution < -0.4 is 0 Å². The van der Waals surface area contributed by atoms with Crippen molar-refractivity contribution in [2.24, 2.45) is 0 Å². The molecule has 0 aliphatic carbocycles. The quantitative estimate of drug-likeness (QED) is 0.549. The molecule has 3 aromatic carbocycles. The lowest BCUT2D eigenvalue weighted by Crippen LogP contribution is -1.73. The third-order valence-electron chi connectivity index (χ3n) is 2.96. The van der Waals surface area contributed by atoms with Gasteiger partial charge in [-0.1, -0.05) is 91.0 Å². The van der Waals surface area contributed by atoms with E-state index in [0.717, 1.165) is 6.16 Å². The lowest BCUT2D eigenvalue weighted by Gasteiger charge is -1.98. The van der Waals surface area contributed by atoms with E-state index in [4.69, 9.17) is 0 Å². The average Bonchev–Trinajstić information content (AvgIpc) is 2.58. The van der Waals surface area contributed by atoms with Crippen molar-refractivity contribution in [1.82, 2.24) is 0 Å². The topological polar surface area (TPSA) is 0 Å². The Morgan fingerprint density at radius 2 is 0.850 bits per heavy atom. The van der Waals surface area contributed by atoms with Crippen molar-refractivity contribution >= 4 is 9.24 Å². The van der Waals surface area contributed by atoms with E-state index >= 15 is 0 Å². The Hall–Kier alpha value is -1.91. The Kier molecular flexibility index (Phi) is 6.02. The Morgan fingerprint density at radius 1 is 0.500 bits per heavy atom. The van der Waals surface area contributed by atoms with Crippen LogP contribution >= 0.6 is 9.24 Å². The molecule has 0 fully saturated rings. The lowest BCUT2D eigenvalue weighted by molar-refractivity contribution is 1.42. The van der Waals surface area contributed by atoms with Crippen LogP contribution in [0.2, 0.25) is 0 Å². The smallest absolute Gasteiger partial charge is 0.0128 e. The van der Waals surface area contributed by atoms with Gasteiger partial charge in [-0.2, -0.15) is 0 Å². The van der Waals surface area contributed by atoms with Crippen molar-refractivity contribution in [2.75, 3.05) is 0 Å². The molecule has 100 valence electrons. The monoisotopic (exact) mass is 278 g/mol. The van der Waals surface area contributed by atoms with Crippen LogP contribution in [0.3, 0.4) is 0 Å². The van der Waals surface area contributed by atoms with Gasteiger partial charge in [-0.15, -0.1) is 9.24 Å². The van der Waals surface area contributed by atoms with Crippen LogP contribution in [0.25, 0.3) is 11.1 Å². The molecule has 3 rings (SSSR count). The van der Waals surface area contributed by atoms with Gasteiger partial charge in [-0.05, 0) is 22.9 Å². The van der Waals surface area contributed by atoms with Crippen LogP contribution in [-0.2, 0) is 6.16 Å². The summed E-state index contributed by atoms with van der Waals surface area (Å²) in [6.07, 6.45) is 1.06. The minimum absolute atomic E-state index is 1.06. The zero-order chi connectivity index (χ0) is 14.0. The summed E-state index contributed by atoms with van der Waals surface area (Å²) < 4.78 is 0. The Morgan fingerprint density at radius 3 is 1.15 bits per heavy atom. The third kappa shape index (κ3) is 4.64. The van der Waals surface area contributed by atoms with E-state index in [1.165, 1.54) is 16.7 Å². The molecule has 0 bridgehead atoms. The highest BCUT2D eigenvalue weighted by Gasteiger charge is 1.91. The summed E-state index contributed by atoms with van der Waals surface area (Å²) in [6.45, 7) is 0. The molecule has 0 nitrogen and oxygen atoms in total. The van der Waals surface area contributed by atoms with Crippen LogP contribution in [0.5, 0.6) is 0 Å². The third-order valence-corrected chi connectivity index (χ3v) is 3.43. The first-order valence-electron chi connectivity index (χ1n) is 6.74. The van der Waals surface area contributed by atoms with Crippen LogP contribution in [-0.4, -0.2) is 0 Å². The summed E-state index contributed by atoms with van der Waals surface area (Å²) in [5.74, 6) is 0. The van der Waals surface area contributed by atoms with E-state index < -0.39 is 0 Å². The molecule has 0 amide bonds. The summed E-state index contributed by atoms with van der Waals surface area (Å²) in [7, 11) is 2.69. The number of rotatable bonds is 2. The van der Waals surface area contributed by atoms with Gasteiger partial charge >= 0.3 is 0 Å². The first-order chi connectivity index (χ1) is 9.90. The zero-order valence-electron chi connectivity index (χ0n) is 11.4. The first-order valence-corrected chi connectivity index (χ1v) is 7.56. The van der Waals surface area contributed by atoms with Gasteiger partial charge in [-0.25, -0.2) is 0 Å². The first kappa shape index (κ1) is 14.5. The fourth-order valence-corrected chi connectivity index (χ4v) is 2.15. The van der Waals surface area contributed by atoms with Gasteiger partial charge in [0.1, 0.15) is 0 Å². The van der Waals surface area contributed by atoms with Gasteiger partial charge in [0.15, 0.2) is 0 Å². The van der Waals surface area contributed by atoms with E-state index in [1.807, 2.05) is 18.2 Å². The van der Waals surface area contributed by atoms with Crippen molar-refractivity contribution in [1.29, 1.82) is 0 Å². The Balaban J connectivity index is 0.000000160. The molecule has 0 aliphatic rings. The molecule has 0 radical (unpaired) electrons. The fourth-order valence-electron chi connectivity index (χ4n) is 1.88. The average molecular weight is 278 g/mol. The van der Waals surface area contributed by atoms with Gasteiger partial charge in [0.25, 0.3) is 0 Å². The second-order valence-electron chi connectivity index (χ2n) is 4.42. The normalized spacial score (nSPS) is 9.45. The molecule has 0 spiro atoms. The molecule has 0 aliphatic heterocycles. The predicted octanol–water partition coefficient (Wildman–Crippen LogP) is 5.42. The molecule has 0 saturated heterocycles. The molecular formula is C19H19P. The zero-order valence-corrected chi connectivity index (χ0v) is 12.6. The van der Waals surface area contributed by atoms with Crippen molar-refractivity contribution in [3.05, 3.63) is 96.6 Å². The maximum absolute atomic E-state index is 2.69. The summed E-state index contributed by atoms with van der Waals surface area (Å²) in [4.78, 5) is 0. The van der Waals surface area contributed by atoms with Gasteiger partial charge in [-0.3, -0.25) is 0 Å². The molecule has 1 atom stereocenters. The van der Waals surface area contributed by atoms with Gasteiger partial charge in [0, 0.05) is 0 Å². The van der Waals surface area contributed by atoms with Crippen molar-refractivity contribution in [3.8, 4) is 11.1 Å². The minimum Gasteiger partial charge on any atom is -0.133 e. The molecule has 0 N–H and O–H groups in total. The van der Waals surface area contributed by atoms with Gasteiger partial charge < -0.3 is 0 Å². The minimum atomic E-state index is 1.06. The van der Waals surface area contributed by atoms with Crippen molar-refractivity contribution < 1.29 is 0 Å². The summed E-state index contributed by atoms with van der Waals surface area (Å²) in [6, 6.07) is 31.2. The van der Waals surface area contributed by atoms with E-state index in [-0.39, 0.29) is 0 Å². The lowest BCUT2D eigenvalue weighted by atomic mass is 10.1. The fraction of sp³-hybridized carbons (Fsp3) is 0.0526. The highest BCUT2D eigenvalue weighted by Crippen LogP contribution is 2.17. The number of benzene rings is 3. The molecular weight excluding hydrogens is 259 g/mol. The molecule has 3 aromatic rings. The molecule has 20 heavy (non-hydrogen) atoms. The van der Waals surface area contributed by atoms with E-state index in [0.29, 0.717) is 0 Å². The summed E-state index contributed by atoms with van der Waals surface area (Å²) in [5, 5.41) is 0. The van der Waals surface area contributed by atoms with Crippen LogP contribution in [0.4, 0.5) is 0 Å². The standard InChI is InChI=1S/C12H10.C7H9P/c1-3-7-11(8-4-1)12-9-5-2-6-10-12;8-6-7-4-2-1-3-5-7/h1-10H;1-5H,6,8H2. The highest BCUT2D eigenvalue weighted by molar-refractivity contribution is 7.15. The second kappa shape index (κ2) is 8.30. The van der Waals surface area contributed by atoms with Crippen LogP contribution in [0.1, 0.15) is 5.56 Å². The largest absolute Gasteiger partial charge is 0.133 e. The molecule has 1 unspecified atom stereocenters. The number of hydrogen-bond donors (Lipinski definition) is 0. The van der Waals surface area contributed by atoms with E-state index in [2.05, 4.69) is 82.0 Å². The van der Waals surface area contributed by atoms with E-state index in [1.54, 1.807) is 0 Å².